The van der Waals surface area contributed by atoms with Crippen molar-refractivity contribution in [2.45, 2.75) is 19.1 Å². The molecule has 2 aliphatic heterocycles. The first kappa shape index (κ1) is 4.85. The summed E-state index contributed by atoms with van der Waals surface area (Å²) in [5.74, 6) is 0. The first-order chi connectivity index (χ1) is 4.38. The van der Waals surface area contributed by atoms with E-state index in [2.05, 4.69) is 5.16 Å². The van der Waals surface area contributed by atoms with Crippen molar-refractivity contribution in [3.05, 3.63) is 12.3 Å². The van der Waals surface area contributed by atoms with E-state index in [9.17, 15) is 0 Å². The van der Waals surface area contributed by atoms with Crippen molar-refractivity contribution in [2.24, 2.45) is 5.16 Å². The SMILES string of the molecule is CC1=NO[C@@H]2C=CO[C@H]12. The first-order valence-corrected chi connectivity index (χ1v) is 2.90. The smallest absolute Gasteiger partial charge is 0.191 e. The molecule has 0 unspecified atom stereocenters. The molecule has 0 bridgehead atoms. The van der Waals surface area contributed by atoms with E-state index in [-0.39, 0.29) is 12.2 Å². The van der Waals surface area contributed by atoms with Crippen molar-refractivity contribution in [3.8, 4) is 0 Å². The summed E-state index contributed by atoms with van der Waals surface area (Å²) in [7, 11) is 0. The van der Waals surface area contributed by atoms with Crippen LogP contribution >= 0.6 is 0 Å². The van der Waals surface area contributed by atoms with Gasteiger partial charge in [0.2, 0.25) is 0 Å². The third-order valence-electron chi connectivity index (χ3n) is 1.52. The summed E-state index contributed by atoms with van der Waals surface area (Å²) in [5, 5.41) is 3.76. The Balaban J connectivity index is 2.22. The van der Waals surface area contributed by atoms with Gasteiger partial charge in [-0.2, -0.15) is 0 Å². The minimum atomic E-state index is 0.0463. The van der Waals surface area contributed by atoms with Crippen LogP contribution in [0.3, 0.4) is 0 Å². The van der Waals surface area contributed by atoms with Gasteiger partial charge in [0.15, 0.2) is 12.2 Å². The Morgan fingerprint density at radius 3 is 3.33 bits per heavy atom. The summed E-state index contributed by atoms with van der Waals surface area (Å²) in [6, 6.07) is 0. The quantitative estimate of drug-likeness (QED) is 0.476. The zero-order valence-corrected chi connectivity index (χ0v) is 5.07. The van der Waals surface area contributed by atoms with E-state index in [0.29, 0.717) is 0 Å². The second-order valence-corrected chi connectivity index (χ2v) is 2.19. The highest BCUT2D eigenvalue weighted by molar-refractivity contribution is 5.88. The standard InChI is InChI=1S/C6H7NO2/c1-4-6-5(9-7-4)2-3-8-6/h2-3,5-6H,1H3/t5-,6-/m1/s1. The molecule has 3 heteroatoms. The van der Waals surface area contributed by atoms with Crippen LogP contribution < -0.4 is 0 Å². The highest BCUT2D eigenvalue weighted by atomic mass is 16.7. The fourth-order valence-electron chi connectivity index (χ4n) is 1.01. The van der Waals surface area contributed by atoms with Gasteiger partial charge in [0.05, 0.1) is 12.0 Å². The van der Waals surface area contributed by atoms with Gasteiger partial charge in [0, 0.05) is 0 Å². The van der Waals surface area contributed by atoms with Crippen molar-refractivity contribution in [2.75, 3.05) is 0 Å². The summed E-state index contributed by atoms with van der Waals surface area (Å²) in [4.78, 5) is 4.97. The van der Waals surface area contributed by atoms with E-state index in [0.717, 1.165) is 5.71 Å². The minimum Gasteiger partial charge on any atom is -0.488 e. The van der Waals surface area contributed by atoms with Crippen LogP contribution in [0.15, 0.2) is 17.5 Å². The van der Waals surface area contributed by atoms with Crippen LogP contribution in [0.2, 0.25) is 0 Å². The molecule has 0 aromatic heterocycles. The maximum absolute atomic E-state index is 5.15. The van der Waals surface area contributed by atoms with Crippen molar-refractivity contribution in [3.63, 3.8) is 0 Å². The molecule has 2 rings (SSSR count). The van der Waals surface area contributed by atoms with E-state index >= 15 is 0 Å². The predicted molar refractivity (Wildman–Crippen MR) is 32.0 cm³/mol. The number of fused-ring (bicyclic) bond motifs is 1. The van der Waals surface area contributed by atoms with Gasteiger partial charge in [0.25, 0.3) is 0 Å². The third kappa shape index (κ3) is 0.542. The van der Waals surface area contributed by atoms with E-state index in [4.69, 9.17) is 9.57 Å². The normalized spacial score (nSPS) is 37.2. The number of ether oxygens (including phenoxy) is 1. The molecule has 0 spiro atoms. The molecular formula is C6H7NO2. The summed E-state index contributed by atoms with van der Waals surface area (Å²) in [6.07, 6.45) is 3.63. The maximum Gasteiger partial charge on any atom is 0.191 e. The predicted octanol–water partition coefficient (Wildman–Crippen LogP) is 0.674. The van der Waals surface area contributed by atoms with Crippen LogP contribution in [0.1, 0.15) is 6.92 Å². The maximum atomic E-state index is 5.15. The zero-order valence-electron chi connectivity index (χ0n) is 5.07. The van der Waals surface area contributed by atoms with E-state index < -0.39 is 0 Å². The van der Waals surface area contributed by atoms with Crippen LogP contribution in [0.25, 0.3) is 0 Å². The highest BCUT2D eigenvalue weighted by Crippen LogP contribution is 2.20. The molecular weight excluding hydrogens is 118 g/mol. The molecule has 0 saturated heterocycles. The minimum absolute atomic E-state index is 0.0463. The summed E-state index contributed by atoms with van der Waals surface area (Å²) in [6.45, 7) is 1.90. The lowest BCUT2D eigenvalue weighted by molar-refractivity contribution is 0.0677. The van der Waals surface area contributed by atoms with Gasteiger partial charge in [-0.25, -0.2) is 0 Å². The molecule has 0 aliphatic carbocycles. The van der Waals surface area contributed by atoms with Crippen LogP contribution in [0.4, 0.5) is 0 Å². The second kappa shape index (κ2) is 1.50. The van der Waals surface area contributed by atoms with E-state index in [1.165, 1.54) is 0 Å². The molecule has 0 aromatic rings. The number of rotatable bonds is 0. The Morgan fingerprint density at radius 1 is 1.67 bits per heavy atom. The van der Waals surface area contributed by atoms with E-state index in [1.807, 2.05) is 13.0 Å². The van der Waals surface area contributed by atoms with Gasteiger partial charge < -0.3 is 9.57 Å². The molecule has 0 radical (unpaired) electrons. The molecule has 0 N–H and O–H groups in total. The topological polar surface area (TPSA) is 30.8 Å². The van der Waals surface area contributed by atoms with Gasteiger partial charge >= 0.3 is 0 Å². The van der Waals surface area contributed by atoms with Crippen LogP contribution in [0, 0.1) is 0 Å². The number of hydrogen-bond donors (Lipinski definition) is 0. The van der Waals surface area contributed by atoms with Gasteiger partial charge in [-0.3, -0.25) is 0 Å². The monoisotopic (exact) mass is 125 g/mol. The Morgan fingerprint density at radius 2 is 2.56 bits per heavy atom. The van der Waals surface area contributed by atoms with Gasteiger partial charge in [-0.05, 0) is 13.0 Å². The van der Waals surface area contributed by atoms with Gasteiger partial charge in [0.1, 0.15) is 0 Å². The molecule has 48 valence electrons. The third-order valence-corrected chi connectivity index (χ3v) is 1.52. The molecule has 9 heavy (non-hydrogen) atoms. The lowest BCUT2D eigenvalue weighted by Crippen LogP contribution is -2.23. The van der Waals surface area contributed by atoms with Crippen LogP contribution in [0.5, 0.6) is 0 Å². The van der Waals surface area contributed by atoms with Crippen molar-refractivity contribution in [1.29, 1.82) is 0 Å². The van der Waals surface area contributed by atoms with E-state index in [1.54, 1.807) is 6.26 Å². The largest absolute Gasteiger partial charge is 0.488 e. The number of hydrogen-bond acceptors (Lipinski definition) is 3. The molecule has 0 aromatic carbocycles. The fraction of sp³-hybridized carbons (Fsp3) is 0.500. The molecule has 2 heterocycles. The average molecular weight is 125 g/mol. The van der Waals surface area contributed by atoms with Crippen molar-refractivity contribution < 1.29 is 9.57 Å². The molecule has 2 aliphatic rings. The fourth-order valence-corrected chi connectivity index (χ4v) is 1.01. The van der Waals surface area contributed by atoms with Crippen molar-refractivity contribution >= 4 is 5.71 Å². The zero-order chi connectivity index (χ0) is 6.27. The Kier molecular flexibility index (Phi) is 0.806. The number of nitrogens with zero attached hydrogens (tertiary/aromatic N) is 1. The molecule has 2 atom stereocenters. The average Bonchev–Trinajstić information content (AvgIpc) is 2.35. The summed E-state index contributed by atoms with van der Waals surface area (Å²) < 4.78 is 5.15. The Labute approximate surface area is 52.9 Å². The summed E-state index contributed by atoms with van der Waals surface area (Å²) >= 11 is 0. The lowest BCUT2D eigenvalue weighted by Gasteiger charge is -2.04. The summed E-state index contributed by atoms with van der Waals surface area (Å²) in [5.41, 5.74) is 0.921. The Bertz CT molecular complexity index is 185. The second-order valence-electron chi connectivity index (χ2n) is 2.19. The Hall–Kier alpha value is -0.990. The molecule has 0 saturated carbocycles. The first-order valence-electron chi connectivity index (χ1n) is 2.90. The molecule has 0 amide bonds. The van der Waals surface area contributed by atoms with Crippen LogP contribution in [-0.2, 0) is 9.57 Å². The molecule has 3 nitrogen and oxygen atoms in total. The highest BCUT2D eigenvalue weighted by Gasteiger charge is 2.34. The number of oxime groups is 1. The molecule has 0 fully saturated rings. The van der Waals surface area contributed by atoms with Crippen molar-refractivity contribution in [1.82, 2.24) is 0 Å². The lowest BCUT2D eigenvalue weighted by atomic mass is 10.2. The van der Waals surface area contributed by atoms with Crippen LogP contribution in [-0.4, -0.2) is 17.9 Å². The van der Waals surface area contributed by atoms with Gasteiger partial charge in [-0.15, -0.1) is 0 Å². The van der Waals surface area contributed by atoms with Gasteiger partial charge in [-0.1, -0.05) is 5.16 Å².